The van der Waals surface area contributed by atoms with E-state index < -0.39 is 6.43 Å². The molecule has 1 aromatic carbocycles. The highest BCUT2D eigenvalue weighted by molar-refractivity contribution is 7.97. The quantitative estimate of drug-likeness (QED) is 0.738. The molecule has 0 spiro atoms. The topological polar surface area (TPSA) is 67.8 Å². The van der Waals surface area contributed by atoms with Gasteiger partial charge in [0.15, 0.2) is 0 Å². The fourth-order valence-corrected chi connectivity index (χ4v) is 2.03. The number of nitrogens with two attached hydrogens (primary N) is 2. The molecule has 0 aliphatic rings. The summed E-state index contributed by atoms with van der Waals surface area (Å²) in [5.41, 5.74) is 7.17. The summed E-state index contributed by atoms with van der Waals surface area (Å²) in [6.45, 7) is 0. The lowest BCUT2D eigenvalue weighted by Gasteiger charge is -2.08. The smallest absolute Gasteiger partial charge is 0.264 e. The highest BCUT2D eigenvalue weighted by Gasteiger charge is 2.17. The van der Waals surface area contributed by atoms with Crippen molar-refractivity contribution in [1.29, 1.82) is 0 Å². The van der Waals surface area contributed by atoms with Gasteiger partial charge in [0.25, 0.3) is 6.43 Å². The van der Waals surface area contributed by atoms with Crippen molar-refractivity contribution in [3.8, 4) is 11.1 Å². The fourth-order valence-electron chi connectivity index (χ4n) is 1.67. The Kier molecular flexibility index (Phi) is 3.35. The molecule has 0 saturated carbocycles. The van der Waals surface area contributed by atoms with Crippen LogP contribution in [0.25, 0.3) is 11.1 Å². The minimum Gasteiger partial charge on any atom is -0.396 e. The van der Waals surface area contributed by atoms with Crippen LogP contribution >= 0.6 is 11.9 Å². The minimum absolute atomic E-state index is 0.0354. The third-order valence-corrected chi connectivity index (χ3v) is 3.06. The van der Waals surface area contributed by atoms with Gasteiger partial charge in [0.2, 0.25) is 0 Å². The van der Waals surface area contributed by atoms with Gasteiger partial charge in [0.1, 0.15) is 5.03 Å². The van der Waals surface area contributed by atoms with E-state index in [0.717, 1.165) is 11.9 Å². The summed E-state index contributed by atoms with van der Waals surface area (Å²) >= 11 is 0.957. The first-order chi connectivity index (χ1) is 8.15. The Balaban J connectivity index is 2.56. The summed E-state index contributed by atoms with van der Waals surface area (Å²) in [5, 5.41) is 5.97. The van der Waals surface area contributed by atoms with Gasteiger partial charge >= 0.3 is 0 Å². The van der Waals surface area contributed by atoms with Crippen molar-refractivity contribution < 1.29 is 8.78 Å². The van der Waals surface area contributed by atoms with Crippen LogP contribution in [0.1, 0.15) is 12.0 Å². The van der Waals surface area contributed by atoms with Crippen LogP contribution in [0.5, 0.6) is 0 Å². The zero-order chi connectivity index (χ0) is 12.4. The maximum atomic E-state index is 12.9. The van der Waals surface area contributed by atoms with Gasteiger partial charge in [0.05, 0.1) is 5.69 Å². The Labute approximate surface area is 101 Å². The van der Waals surface area contributed by atoms with Gasteiger partial charge in [-0.25, -0.2) is 8.78 Å². The van der Waals surface area contributed by atoms with E-state index in [-0.39, 0.29) is 5.56 Å². The maximum absolute atomic E-state index is 12.9. The molecule has 0 aliphatic heterocycles. The zero-order valence-electron chi connectivity index (χ0n) is 8.78. The molecule has 0 atom stereocenters. The lowest BCUT2D eigenvalue weighted by atomic mass is 10.0. The minimum atomic E-state index is -2.53. The number of nitrogen functional groups attached to an aromatic ring is 1. The van der Waals surface area contributed by atoms with Crippen molar-refractivity contribution in [2.24, 2.45) is 5.14 Å². The predicted molar refractivity (Wildman–Crippen MR) is 65.6 cm³/mol. The fraction of sp³-hybridized carbons (Fsp3) is 0.0909. The van der Waals surface area contributed by atoms with E-state index in [0.29, 0.717) is 21.8 Å². The first-order valence-electron chi connectivity index (χ1n) is 4.86. The van der Waals surface area contributed by atoms with Crippen molar-refractivity contribution in [3.05, 3.63) is 36.0 Å². The predicted octanol–water partition coefficient (Wildman–Crippen LogP) is 3.17. The van der Waals surface area contributed by atoms with Gasteiger partial charge in [-0.05, 0) is 17.5 Å². The second-order valence-corrected chi connectivity index (χ2v) is 4.09. The average molecular weight is 255 g/mol. The molecule has 0 fully saturated rings. The molecule has 0 unspecified atom stereocenters. The van der Waals surface area contributed by atoms with Crippen LogP contribution in [-0.4, -0.2) is 4.98 Å². The van der Waals surface area contributed by atoms with E-state index in [2.05, 4.69) is 4.98 Å². The summed E-state index contributed by atoms with van der Waals surface area (Å²) in [4.78, 5) is 2.86. The molecule has 2 aromatic rings. The SMILES string of the molecule is NSc1[nH]cc(-c2ccccc2C(F)F)c1N. The molecule has 3 nitrogen and oxygen atoms in total. The zero-order valence-corrected chi connectivity index (χ0v) is 9.60. The van der Waals surface area contributed by atoms with Crippen LogP contribution in [0, 0.1) is 0 Å². The molecule has 90 valence electrons. The molecular weight excluding hydrogens is 244 g/mol. The van der Waals surface area contributed by atoms with E-state index in [9.17, 15) is 8.78 Å². The molecule has 0 bridgehead atoms. The molecular formula is C11H11F2N3S. The number of halogens is 2. The van der Waals surface area contributed by atoms with Gasteiger partial charge in [-0.2, -0.15) is 0 Å². The van der Waals surface area contributed by atoms with Crippen LogP contribution in [0.15, 0.2) is 35.5 Å². The molecule has 0 aliphatic carbocycles. The largest absolute Gasteiger partial charge is 0.396 e. The van der Waals surface area contributed by atoms with Gasteiger partial charge in [0, 0.05) is 17.3 Å². The number of alkyl halides is 2. The number of H-pyrrole nitrogens is 1. The van der Waals surface area contributed by atoms with Crippen molar-refractivity contribution in [3.63, 3.8) is 0 Å². The van der Waals surface area contributed by atoms with Gasteiger partial charge in [-0.15, -0.1) is 0 Å². The third kappa shape index (κ3) is 2.13. The van der Waals surface area contributed by atoms with E-state index in [4.69, 9.17) is 10.9 Å². The van der Waals surface area contributed by atoms with E-state index in [1.165, 1.54) is 6.07 Å². The van der Waals surface area contributed by atoms with Crippen molar-refractivity contribution in [2.45, 2.75) is 11.5 Å². The number of anilines is 1. The Hall–Kier alpha value is -1.53. The number of hydrogen-bond donors (Lipinski definition) is 3. The summed E-state index contributed by atoms with van der Waals surface area (Å²) < 4.78 is 25.7. The summed E-state index contributed by atoms with van der Waals surface area (Å²) in [6.07, 6.45) is -0.944. The second-order valence-electron chi connectivity index (χ2n) is 3.45. The second kappa shape index (κ2) is 4.77. The molecule has 1 aromatic heterocycles. The number of rotatable bonds is 3. The van der Waals surface area contributed by atoms with Crippen LogP contribution in [0.4, 0.5) is 14.5 Å². The Bertz CT molecular complexity index is 525. The van der Waals surface area contributed by atoms with Crippen LogP contribution in [0.3, 0.4) is 0 Å². The first kappa shape index (κ1) is 11.9. The van der Waals surface area contributed by atoms with Gasteiger partial charge < -0.3 is 10.7 Å². The average Bonchev–Trinajstić information content (AvgIpc) is 2.70. The Morgan fingerprint density at radius 1 is 1.18 bits per heavy atom. The molecule has 2 rings (SSSR count). The number of aromatic amines is 1. The molecule has 0 amide bonds. The molecule has 0 radical (unpaired) electrons. The standard InChI is InChI=1S/C11H11F2N3S/c12-10(13)7-4-2-1-3-6(7)8-5-16-11(17-15)9(8)14/h1-5,10,16H,14-15H2. The van der Waals surface area contributed by atoms with E-state index in [1.54, 1.807) is 24.4 Å². The lowest BCUT2D eigenvalue weighted by molar-refractivity contribution is 0.152. The molecule has 0 saturated heterocycles. The summed E-state index contributed by atoms with van der Waals surface area (Å²) in [5.74, 6) is 0. The number of benzene rings is 1. The van der Waals surface area contributed by atoms with E-state index >= 15 is 0 Å². The van der Waals surface area contributed by atoms with E-state index in [1.807, 2.05) is 0 Å². The Morgan fingerprint density at radius 3 is 2.47 bits per heavy atom. The lowest BCUT2D eigenvalue weighted by Crippen LogP contribution is -1.93. The van der Waals surface area contributed by atoms with Gasteiger partial charge in [-0.3, -0.25) is 5.14 Å². The van der Waals surface area contributed by atoms with Gasteiger partial charge in [-0.1, -0.05) is 24.3 Å². The summed E-state index contributed by atoms with van der Waals surface area (Å²) in [7, 11) is 0. The molecule has 5 N–H and O–H groups in total. The Morgan fingerprint density at radius 2 is 1.88 bits per heavy atom. The maximum Gasteiger partial charge on any atom is 0.264 e. The molecule has 17 heavy (non-hydrogen) atoms. The number of aromatic nitrogens is 1. The third-order valence-electron chi connectivity index (χ3n) is 2.49. The van der Waals surface area contributed by atoms with Crippen LogP contribution in [-0.2, 0) is 0 Å². The molecule has 6 heteroatoms. The summed E-state index contributed by atoms with van der Waals surface area (Å²) in [6, 6.07) is 6.28. The highest BCUT2D eigenvalue weighted by atomic mass is 32.2. The van der Waals surface area contributed by atoms with Crippen LogP contribution in [0.2, 0.25) is 0 Å². The van der Waals surface area contributed by atoms with Crippen molar-refractivity contribution >= 4 is 17.6 Å². The number of nitrogens with one attached hydrogen (secondary N) is 1. The first-order valence-corrected chi connectivity index (χ1v) is 5.74. The molecule has 1 heterocycles. The normalized spacial score (nSPS) is 11.1. The number of hydrogen-bond acceptors (Lipinski definition) is 3. The van der Waals surface area contributed by atoms with Crippen molar-refractivity contribution in [2.75, 3.05) is 5.73 Å². The highest BCUT2D eigenvalue weighted by Crippen LogP contribution is 2.37. The monoisotopic (exact) mass is 255 g/mol. The van der Waals surface area contributed by atoms with Crippen molar-refractivity contribution in [1.82, 2.24) is 4.98 Å². The van der Waals surface area contributed by atoms with Crippen LogP contribution < -0.4 is 10.9 Å².